The first-order valence-electron chi connectivity index (χ1n) is 7.68. The van der Waals surface area contributed by atoms with Crippen LogP contribution in [-0.2, 0) is 0 Å². The van der Waals surface area contributed by atoms with Gasteiger partial charge in [0.05, 0.1) is 5.39 Å². The number of amides is 1. The number of fused-ring (bicyclic) bond motifs is 1. The van der Waals surface area contributed by atoms with Crippen molar-refractivity contribution in [1.29, 1.82) is 0 Å². The molecule has 1 amide bonds. The number of hydrogen-bond donors (Lipinski definition) is 1. The van der Waals surface area contributed by atoms with E-state index in [4.69, 9.17) is 0 Å². The van der Waals surface area contributed by atoms with Crippen LogP contribution in [0.1, 0.15) is 10.4 Å². The van der Waals surface area contributed by atoms with Gasteiger partial charge in [-0.2, -0.15) is 4.73 Å². The number of rotatable bonds is 3. The molecule has 0 aliphatic carbocycles. The van der Waals surface area contributed by atoms with E-state index in [2.05, 4.69) is 10.4 Å². The largest absolute Gasteiger partial charge is 0.619 e. The quantitative estimate of drug-likeness (QED) is 0.445. The van der Waals surface area contributed by atoms with E-state index in [-0.39, 0.29) is 11.1 Å². The standard InChI is InChI=1S/C18H12N4O3S/c23-16(13-7-4-8-21(25)9-13)20-22-11-19-17-15(18(22)24)14(10-26-17)12-5-2-1-3-6-12/h1-11H,(H,20,23). The fourth-order valence-electron chi connectivity index (χ4n) is 2.61. The molecule has 1 aromatic carbocycles. The summed E-state index contributed by atoms with van der Waals surface area (Å²) >= 11 is 1.37. The van der Waals surface area contributed by atoms with E-state index < -0.39 is 5.91 Å². The average Bonchev–Trinajstić information content (AvgIpc) is 3.09. The van der Waals surface area contributed by atoms with Crippen LogP contribution in [0.4, 0.5) is 0 Å². The van der Waals surface area contributed by atoms with E-state index in [1.54, 1.807) is 0 Å². The van der Waals surface area contributed by atoms with Gasteiger partial charge in [0, 0.05) is 17.0 Å². The van der Waals surface area contributed by atoms with Crippen LogP contribution in [0.3, 0.4) is 0 Å². The van der Waals surface area contributed by atoms with E-state index >= 15 is 0 Å². The zero-order valence-electron chi connectivity index (χ0n) is 13.3. The van der Waals surface area contributed by atoms with Crippen molar-refractivity contribution in [3.63, 3.8) is 0 Å². The Morgan fingerprint density at radius 2 is 2.00 bits per heavy atom. The highest BCUT2D eigenvalue weighted by atomic mass is 32.1. The van der Waals surface area contributed by atoms with Crippen LogP contribution in [0.25, 0.3) is 21.3 Å². The lowest BCUT2D eigenvalue weighted by Gasteiger charge is -2.08. The molecule has 0 saturated carbocycles. The van der Waals surface area contributed by atoms with Gasteiger partial charge < -0.3 is 5.21 Å². The number of benzene rings is 1. The van der Waals surface area contributed by atoms with Gasteiger partial charge in [-0.25, -0.2) is 9.66 Å². The summed E-state index contributed by atoms with van der Waals surface area (Å²) in [5, 5.41) is 13.6. The molecule has 0 atom stereocenters. The van der Waals surface area contributed by atoms with Crippen LogP contribution >= 0.6 is 11.3 Å². The SMILES string of the molecule is O=C(Nn1cnc2scc(-c3ccccc3)c2c1=O)c1ccc[n+]([O-])c1. The number of carbonyl (C=O) groups excluding carboxylic acids is 1. The van der Waals surface area contributed by atoms with E-state index in [9.17, 15) is 14.8 Å². The number of pyridine rings is 1. The molecule has 1 N–H and O–H groups in total. The predicted octanol–water partition coefficient (Wildman–Crippen LogP) is 2.14. The second-order valence-corrected chi connectivity index (χ2v) is 6.37. The first-order valence-corrected chi connectivity index (χ1v) is 8.56. The molecule has 0 spiro atoms. The molecule has 0 bridgehead atoms. The molecule has 7 nitrogen and oxygen atoms in total. The second-order valence-electron chi connectivity index (χ2n) is 5.51. The smallest absolute Gasteiger partial charge is 0.281 e. The van der Waals surface area contributed by atoms with Gasteiger partial charge in [-0.05, 0) is 11.6 Å². The van der Waals surface area contributed by atoms with Gasteiger partial charge in [-0.15, -0.1) is 11.3 Å². The highest BCUT2D eigenvalue weighted by Crippen LogP contribution is 2.30. The van der Waals surface area contributed by atoms with Gasteiger partial charge in [0.25, 0.3) is 11.5 Å². The molecule has 0 fully saturated rings. The van der Waals surface area contributed by atoms with Crippen molar-refractivity contribution in [2.75, 3.05) is 5.43 Å². The van der Waals surface area contributed by atoms with E-state index in [1.807, 2.05) is 35.7 Å². The highest BCUT2D eigenvalue weighted by Gasteiger charge is 2.15. The van der Waals surface area contributed by atoms with Crippen molar-refractivity contribution in [2.45, 2.75) is 0 Å². The van der Waals surface area contributed by atoms with Crippen LogP contribution in [0.5, 0.6) is 0 Å². The van der Waals surface area contributed by atoms with Crippen LogP contribution in [0.2, 0.25) is 0 Å². The summed E-state index contributed by atoms with van der Waals surface area (Å²) < 4.78 is 1.55. The molecule has 0 aliphatic rings. The molecule has 0 radical (unpaired) electrons. The molecular weight excluding hydrogens is 352 g/mol. The molecule has 8 heteroatoms. The Bertz CT molecular complexity index is 1170. The maximum absolute atomic E-state index is 12.9. The van der Waals surface area contributed by atoms with Gasteiger partial charge in [0.2, 0.25) is 0 Å². The second kappa shape index (κ2) is 6.41. The van der Waals surface area contributed by atoms with Crippen molar-refractivity contribution in [1.82, 2.24) is 9.66 Å². The lowest BCUT2D eigenvalue weighted by Crippen LogP contribution is -2.34. The Morgan fingerprint density at radius 1 is 1.19 bits per heavy atom. The molecule has 3 heterocycles. The first-order chi connectivity index (χ1) is 12.6. The fourth-order valence-corrected chi connectivity index (χ4v) is 3.51. The fraction of sp³-hybridized carbons (Fsp3) is 0. The summed E-state index contributed by atoms with van der Waals surface area (Å²) in [5.41, 5.74) is 3.90. The van der Waals surface area contributed by atoms with Crippen molar-refractivity contribution < 1.29 is 9.52 Å². The Hall–Kier alpha value is -3.52. The number of hydrogen-bond acceptors (Lipinski definition) is 5. The zero-order chi connectivity index (χ0) is 18.1. The molecule has 3 aromatic heterocycles. The van der Waals surface area contributed by atoms with Crippen LogP contribution in [-0.4, -0.2) is 15.6 Å². The van der Waals surface area contributed by atoms with Gasteiger partial charge in [-0.3, -0.25) is 15.0 Å². The lowest BCUT2D eigenvalue weighted by atomic mass is 10.1. The summed E-state index contributed by atoms with van der Waals surface area (Å²) in [6, 6.07) is 12.4. The Morgan fingerprint density at radius 3 is 2.77 bits per heavy atom. The number of aromatic nitrogens is 3. The number of nitrogens with zero attached hydrogens (tertiary/aromatic N) is 3. The van der Waals surface area contributed by atoms with Crippen molar-refractivity contribution in [2.24, 2.45) is 0 Å². The Balaban J connectivity index is 1.76. The van der Waals surface area contributed by atoms with Gasteiger partial charge in [-0.1, -0.05) is 30.3 Å². The minimum absolute atomic E-state index is 0.142. The molecule has 0 unspecified atom stereocenters. The average molecular weight is 364 g/mol. The van der Waals surface area contributed by atoms with E-state index in [0.29, 0.717) is 14.9 Å². The van der Waals surface area contributed by atoms with E-state index in [1.165, 1.54) is 36.0 Å². The van der Waals surface area contributed by atoms with Gasteiger partial charge >= 0.3 is 0 Å². The highest BCUT2D eigenvalue weighted by molar-refractivity contribution is 7.17. The number of thiophene rings is 1. The molecule has 4 rings (SSSR count). The summed E-state index contributed by atoms with van der Waals surface area (Å²) in [6.45, 7) is 0. The molecule has 0 saturated heterocycles. The Kier molecular flexibility index (Phi) is 3.94. The summed E-state index contributed by atoms with van der Waals surface area (Å²) in [7, 11) is 0. The molecule has 4 aromatic rings. The van der Waals surface area contributed by atoms with Crippen LogP contribution in [0.15, 0.2) is 71.4 Å². The topological polar surface area (TPSA) is 90.9 Å². The summed E-state index contributed by atoms with van der Waals surface area (Å²) in [6.07, 6.45) is 3.67. The van der Waals surface area contributed by atoms with Gasteiger partial charge in [0.15, 0.2) is 12.4 Å². The lowest BCUT2D eigenvalue weighted by molar-refractivity contribution is -0.605. The van der Waals surface area contributed by atoms with Crippen molar-refractivity contribution >= 4 is 27.5 Å². The van der Waals surface area contributed by atoms with Crippen molar-refractivity contribution in [3.05, 3.63) is 87.7 Å². The maximum Gasteiger partial charge on any atom is 0.281 e. The van der Waals surface area contributed by atoms with E-state index in [0.717, 1.165) is 22.0 Å². The molecule has 128 valence electrons. The molecule has 0 aliphatic heterocycles. The van der Waals surface area contributed by atoms with Gasteiger partial charge in [0.1, 0.15) is 16.7 Å². The van der Waals surface area contributed by atoms with Crippen LogP contribution in [0, 0.1) is 5.21 Å². The number of carbonyl (C=O) groups is 1. The normalized spacial score (nSPS) is 10.8. The number of nitrogens with one attached hydrogen (secondary N) is 1. The predicted molar refractivity (Wildman–Crippen MR) is 98.4 cm³/mol. The third kappa shape index (κ3) is 2.82. The summed E-state index contributed by atoms with van der Waals surface area (Å²) in [4.78, 5) is 30.0. The molecular formula is C18H12N4O3S. The van der Waals surface area contributed by atoms with Crippen LogP contribution < -0.4 is 15.7 Å². The molecule has 26 heavy (non-hydrogen) atoms. The monoisotopic (exact) mass is 364 g/mol. The first kappa shape index (κ1) is 16.0. The Labute approximate surface area is 151 Å². The maximum atomic E-state index is 12.9. The zero-order valence-corrected chi connectivity index (χ0v) is 14.1. The minimum atomic E-state index is -0.574. The minimum Gasteiger partial charge on any atom is -0.619 e. The summed E-state index contributed by atoms with van der Waals surface area (Å²) in [5.74, 6) is -0.574. The third-order valence-electron chi connectivity index (χ3n) is 3.84. The third-order valence-corrected chi connectivity index (χ3v) is 4.73. The van der Waals surface area contributed by atoms with Crippen molar-refractivity contribution in [3.8, 4) is 11.1 Å².